The second kappa shape index (κ2) is 9.84. The number of pyridine rings is 1. The van der Waals surface area contributed by atoms with Crippen LogP contribution in [0.5, 0.6) is 0 Å². The zero-order chi connectivity index (χ0) is 21.6. The summed E-state index contributed by atoms with van der Waals surface area (Å²) in [6.07, 6.45) is 1.58. The lowest BCUT2D eigenvalue weighted by Crippen LogP contribution is -2.42. The fourth-order valence-corrected chi connectivity index (χ4v) is 5.56. The molecule has 1 unspecified atom stereocenters. The Morgan fingerprint density at radius 2 is 1.73 bits per heavy atom. The van der Waals surface area contributed by atoms with Crippen LogP contribution in [0.15, 0.2) is 71.1 Å². The minimum Gasteiger partial charge on any atom is -0.346 e. The Morgan fingerprint density at radius 1 is 1.00 bits per heavy atom. The molecule has 0 spiro atoms. The minimum absolute atomic E-state index is 0.0825. The van der Waals surface area contributed by atoms with Crippen LogP contribution in [-0.2, 0) is 26.0 Å². The summed E-state index contributed by atoms with van der Waals surface area (Å²) in [5.41, 5.74) is 0.598. The van der Waals surface area contributed by atoms with Gasteiger partial charge in [0, 0.05) is 22.6 Å². The van der Waals surface area contributed by atoms with E-state index in [1.807, 2.05) is 0 Å². The van der Waals surface area contributed by atoms with Crippen molar-refractivity contribution in [1.29, 1.82) is 0 Å². The van der Waals surface area contributed by atoms with Crippen molar-refractivity contribution in [2.24, 2.45) is 0 Å². The molecule has 0 bridgehead atoms. The molecule has 10 heteroatoms. The van der Waals surface area contributed by atoms with Gasteiger partial charge in [-0.2, -0.15) is 0 Å². The maximum absolute atomic E-state index is 13.1. The van der Waals surface area contributed by atoms with Gasteiger partial charge in [-0.05, 0) is 47.8 Å². The predicted octanol–water partition coefficient (Wildman–Crippen LogP) is 2.74. The monoisotopic (exact) mass is 463 g/mol. The fourth-order valence-electron chi connectivity index (χ4n) is 2.65. The molecule has 0 saturated heterocycles. The van der Waals surface area contributed by atoms with E-state index in [0.717, 1.165) is 0 Å². The van der Waals surface area contributed by atoms with E-state index in [-0.39, 0.29) is 18.0 Å². The summed E-state index contributed by atoms with van der Waals surface area (Å²) in [5.74, 6) is -1.78. The van der Waals surface area contributed by atoms with Crippen molar-refractivity contribution in [2.45, 2.75) is 16.7 Å². The Morgan fingerprint density at radius 3 is 2.37 bits per heavy atom. The second-order valence-electron chi connectivity index (χ2n) is 6.22. The molecule has 0 fully saturated rings. The van der Waals surface area contributed by atoms with Crippen molar-refractivity contribution >= 4 is 44.6 Å². The highest BCUT2D eigenvalue weighted by atomic mass is 35.5. The first-order valence-corrected chi connectivity index (χ1v) is 11.7. The molecule has 0 radical (unpaired) electrons. The standard InChI is InChI=1S/C20H18ClN3O4S2/c21-14-6-8-16(9-7-14)30(27,28)18(17-5-3-11-29-17)13-24-20(26)19(25)23-12-15-4-1-2-10-22-15/h1-11,18H,12-13H2,(H,23,25)(H,24,26). The summed E-state index contributed by atoms with van der Waals surface area (Å²) in [4.78, 5) is 28.9. The average Bonchev–Trinajstić information content (AvgIpc) is 3.27. The number of hydrogen-bond donors (Lipinski definition) is 2. The summed E-state index contributed by atoms with van der Waals surface area (Å²) in [7, 11) is -3.82. The normalized spacial score (nSPS) is 12.2. The maximum atomic E-state index is 13.1. The molecule has 7 nitrogen and oxygen atoms in total. The van der Waals surface area contributed by atoms with Gasteiger partial charge in [-0.25, -0.2) is 8.42 Å². The van der Waals surface area contributed by atoms with Gasteiger partial charge in [0.2, 0.25) is 0 Å². The summed E-state index contributed by atoms with van der Waals surface area (Å²) < 4.78 is 26.3. The molecule has 3 aromatic rings. The number of rotatable bonds is 7. The van der Waals surface area contributed by atoms with Crippen LogP contribution in [0.4, 0.5) is 0 Å². The number of halogens is 1. The van der Waals surface area contributed by atoms with Gasteiger partial charge in [0.25, 0.3) is 0 Å². The summed E-state index contributed by atoms with van der Waals surface area (Å²) in [6, 6.07) is 14.4. The molecule has 1 atom stereocenters. The first-order valence-electron chi connectivity index (χ1n) is 8.86. The third-order valence-electron chi connectivity index (χ3n) is 4.19. The fraction of sp³-hybridized carbons (Fsp3) is 0.150. The quantitative estimate of drug-likeness (QED) is 0.524. The van der Waals surface area contributed by atoms with Gasteiger partial charge in [0.1, 0.15) is 5.25 Å². The molecular weight excluding hydrogens is 446 g/mol. The summed E-state index contributed by atoms with van der Waals surface area (Å²) in [6.45, 7) is -0.161. The van der Waals surface area contributed by atoms with E-state index in [1.54, 1.807) is 41.9 Å². The largest absolute Gasteiger partial charge is 0.346 e. The lowest BCUT2D eigenvalue weighted by atomic mass is 10.3. The average molecular weight is 464 g/mol. The number of sulfone groups is 1. The van der Waals surface area contributed by atoms with Crippen molar-refractivity contribution < 1.29 is 18.0 Å². The van der Waals surface area contributed by atoms with E-state index in [0.29, 0.717) is 15.6 Å². The molecule has 1 aromatic carbocycles. The van der Waals surface area contributed by atoms with Gasteiger partial charge < -0.3 is 10.6 Å². The number of nitrogens with zero attached hydrogens (tertiary/aromatic N) is 1. The van der Waals surface area contributed by atoms with Crippen LogP contribution in [0.3, 0.4) is 0 Å². The number of nitrogens with one attached hydrogen (secondary N) is 2. The highest BCUT2D eigenvalue weighted by Crippen LogP contribution is 2.31. The highest BCUT2D eigenvalue weighted by molar-refractivity contribution is 7.91. The molecular formula is C20H18ClN3O4S2. The molecule has 2 heterocycles. The van der Waals surface area contributed by atoms with Crippen LogP contribution in [-0.4, -0.2) is 31.8 Å². The van der Waals surface area contributed by atoms with E-state index in [9.17, 15) is 18.0 Å². The van der Waals surface area contributed by atoms with Crippen LogP contribution in [0.25, 0.3) is 0 Å². The van der Waals surface area contributed by atoms with Gasteiger partial charge in [-0.15, -0.1) is 11.3 Å². The molecule has 2 aromatic heterocycles. The number of carbonyl (C=O) groups excluding carboxylic acids is 2. The number of amides is 2. The molecule has 0 aliphatic heterocycles. The van der Waals surface area contributed by atoms with Crippen LogP contribution in [0.2, 0.25) is 5.02 Å². The van der Waals surface area contributed by atoms with E-state index < -0.39 is 26.9 Å². The van der Waals surface area contributed by atoms with Crippen molar-refractivity contribution in [1.82, 2.24) is 15.6 Å². The topological polar surface area (TPSA) is 105 Å². The van der Waals surface area contributed by atoms with E-state index in [2.05, 4.69) is 15.6 Å². The maximum Gasteiger partial charge on any atom is 0.309 e. The summed E-state index contributed by atoms with van der Waals surface area (Å²) >= 11 is 7.11. The second-order valence-corrected chi connectivity index (χ2v) is 9.76. The van der Waals surface area contributed by atoms with Gasteiger partial charge in [-0.3, -0.25) is 14.6 Å². The number of hydrogen-bond acceptors (Lipinski definition) is 6. The van der Waals surface area contributed by atoms with E-state index in [1.165, 1.54) is 35.6 Å². The van der Waals surface area contributed by atoms with Crippen molar-refractivity contribution in [2.75, 3.05) is 6.54 Å². The zero-order valence-electron chi connectivity index (χ0n) is 15.6. The van der Waals surface area contributed by atoms with Gasteiger partial charge in [-0.1, -0.05) is 23.7 Å². The number of benzene rings is 1. The Balaban J connectivity index is 1.69. The lowest BCUT2D eigenvalue weighted by Gasteiger charge is -2.17. The number of thiophene rings is 1. The third kappa shape index (κ3) is 5.44. The number of carbonyl (C=O) groups is 2. The first kappa shape index (κ1) is 21.9. The third-order valence-corrected chi connectivity index (χ3v) is 7.67. The zero-order valence-corrected chi connectivity index (χ0v) is 18.0. The molecule has 3 rings (SSSR count). The smallest absolute Gasteiger partial charge is 0.309 e. The van der Waals surface area contributed by atoms with Crippen molar-refractivity contribution in [3.05, 3.63) is 81.8 Å². The van der Waals surface area contributed by atoms with E-state index >= 15 is 0 Å². The molecule has 0 aliphatic rings. The van der Waals surface area contributed by atoms with Gasteiger partial charge in [0.05, 0.1) is 17.1 Å². The van der Waals surface area contributed by atoms with E-state index in [4.69, 9.17) is 11.6 Å². The van der Waals surface area contributed by atoms with Gasteiger partial charge in [0.15, 0.2) is 9.84 Å². The Labute approximate surface area is 183 Å². The molecule has 2 N–H and O–H groups in total. The van der Waals surface area contributed by atoms with Crippen LogP contribution in [0, 0.1) is 0 Å². The predicted molar refractivity (Wildman–Crippen MR) is 115 cm³/mol. The minimum atomic E-state index is -3.82. The number of aromatic nitrogens is 1. The van der Waals surface area contributed by atoms with Crippen LogP contribution < -0.4 is 10.6 Å². The first-order chi connectivity index (χ1) is 14.4. The van der Waals surface area contributed by atoms with Crippen LogP contribution in [0.1, 0.15) is 15.8 Å². The molecule has 156 valence electrons. The summed E-state index contributed by atoms with van der Waals surface area (Å²) in [5, 5.41) is 6.01. The van der Waals surface area contributed by atoms with Crippen LogP contribution >= 0.6 is 22.9 Å². The lowest BCUT2D eigenvalue weighted by molar-refractivity contribution is -0.139. The van der Waals surface area contributed by atoms with Crippen molar-refractivity contribution in [3.63, 3.8) is 0 Å². The van der Waals surface area contributed by atoms with Crippen molar-refractivity contribution in [3.8, 4) is 0 Å². The SMILES string of the molecule is O=C(NCc1ccccn1)C(=O)NCC(c1cccs1)S(=O)(=O)c1ccc(Cl)cc1. The Bertz CT molecular complexity index is 1100. The molecule has 0 saturated carbocycles. The Hall–Kier alpha value is -2.75. The molecule has 2 amide bonds. The van der Waals surface area contributed by atoms with Gasteiger partial charge >= 0.3 is 11.8 Å². The molecule has 0 aliphatic carbocycles. The Kier molecular flexibility index (Phi) is 7.20. The highest BCUT2D eigenvalue weighted by Gasteiger charge is 2.31. The molecule has 30 heavy (non-hydrogen) atoms.